The first kappa shape index (κ1) is 10.3. The fourth-order valence-electron chi connectivity index (χ4n) is 2.04. The zero-order valence-corrected chi connectivity index (χ0v) is 8.50. The first-order valence-electron chi connectivity index (χ1n) is 5.13. The van der Waals surface area contributed by atoms with E-state index in [1.54, 1.807) is 0 Å². The van der Waals surface area contributed by atoms with Crippen molar-refractivity contribution in [1.82, 2.24) is 0 Å². The van der Waals surface area contributed by atoms with Crippen LogP contribution in [0.25, 0.3) is 0 Å². The third-order valence-corrected chi connectivity index (χ3v) is 2.92. The van der Waals surface area contributed by atoms with Gasteiger partial charge in [0.1, 0.15) is 0 Å². The highest BCUT2D eigenvalue weighted by molar-refractivity contribution is 5.54. The molecule has 0 bridgehead atoms. The molecule has 1 aromatic rings. The molecule has 1 aromatic carbocycles. The average molecular weight is 208 g/mol. The number of aliphatic hydroxyl groups is 2. The van der Waals surface area contributed by atoms with E-state index >= 15 is 0 Å². The van der Waals surface area contributed by atoms with Crippen molar-refractivity contribution < 1.29 is 10.2 Å². The molecule has 4 heteroatoms. The number of aliphatic hydroxyl groups excluding tert-OH is 2. The first-order chi connectivity index (χ1) is 7.22. The molecular formula is C11H16N2O2. The van der Waals surface area contributed by atoms with Gasteiger partial charge in [0.15, 0.2) is 0 Å². The van der Waals surface area contributed by atoms with Crippen LogP contribution < -0.4 is 10.6 Å². The first-order valence-corrected chi connectivity index (χ1v) is 5.13. The van der Waals surface area contributed by atoms with Gasteiger partial charge in [-0.1, -0.05) is 0 Å². The second-order valence-electron chi connectivity index (χ2n) is 3.89. The van der Waals surface area contributed by atoms with E-state index in [0.717, 1.165) is 17.9 Å². The highest BCUT2D eigenvalue weighted by Crippen LogP contribution is 2.26. The Morgan fingerprint density at radius 2 is 2.00 bits per heavy atom. The van der Waals surface area contributed by atoms with Crippen molar-refractivity contribution in [2.24, 2.45) is 0 Å². The maximum absolute atomic E-state index is 9.65. The number of benzene rings is 1. The second-order valence-corrected chi connectivity index (χ2v) is 3.89. The molecule has 4 nitrogen and oxygen atoms in total. The normalized spacial score (nSPS) is 25.9. The van der Waals surface area contributed by atoms with Crippen molar-refractivity contribution in [3.05, 3.63) is 24.3 Å². The number of nitrogen functional groups attached to an aromatic ring is 1. The van der Waals surface area contributed by atoms with Crippen LogP contribution in [0.15, 0.2) is 24.3 Å². The smallest absolute Gasteiger partial charge is 0.0782 e. The summed E-state index contributed by atoms with van der Waals surface area (Å²) in [5.41, 5.74) is 7.32. The third kappa shape index (κ3) is 1.91. The summed E-state index contributed by atoms with van der Waals surface area (Å²) in [5, 5.41) is 18.8. The van der Waals surface area contributed by atoms with Gasteiger partial charge < -0.3 is 20.8 Å². The van der Waals surface area contributed by atoms with E-state index in [4.69, 9.17) is 5.73 Å². The second kappa shape index (κ2) is 4.08. The summed E-state index contributed by atoms with van der Waals surface area (Å²) in [4.78, 5) is 2.02. The molecule has 15 heavy (non-hydrogen) atoms. The SMILES string of the molecule is Nc1ccc(N2CC[C@H](O)[C@H]2CO)cc1. The van der Waals surface area contributed by atoms with Crippen LogP contribution in [0, 0.1) is 0 Å². The zero-order chi connectivity index (χ0) is 10.8. The minimum atomic E-state index is -0.437. The van der Waals surface area contributed by atoms with Gasteiger partial charge in [-0.2, -0.15) is 0 Å². The van der Waals surface area contributed by atoms with Crippen LogP contribution in [0.4, 0.5) is 11.4 Å². The van der Waals surface area contributed by atoms with Crippen molar-refractivity contribution in [3.63, 3.8) is 0 Å². The van der Waals surface area contributed by atoms with Crippen molar-refractivity contribution in [2.75, 3.05) is 23.8 Å². The van der Waals surface area contributed by atoms with Crippen molar-refractivity contribution in [1.29, 1.82) is 0 Å². The van der Waals surface area contributed by atoms with Crippen molar-refractivity contribution >= 4 is 11.4 Å². The number of hydrogen-bond donors (Lipinski definition) is 3. The minimum absolute atomic E-state index is 0.0223. The number of rotatable bonds is 2. The molecule has 1 heterocycles. The van der Waals surface area contributed by atoms with E-state index < -0.39 is 6.10 Å². The lowest BCUT2D eigenvalue weighted by Gasteiger charge is -2.26. The summed E-state index contributed by atoms with van der Waals surface area (Å²) in [5.74, 6) is 0. The highest BCUT2D eigenvalue weighted by atomic mass is 16.3. The highest BCUT2D eigenvalue weighted by Gasteiger charge is 2.32. The van der Waals surface area contributed by atoms with Gasteiger partial charge in [-0.05, 0) is 30.7 Å². The summed E-state index contributed by atoms with van der Waals surface area (Å²) in [6, 6.07) is 7.29. The maximum Gasteiger partial charge on any atom is 0.0782 e. The van der Waals surface area contributed by atoms with Crippen LogP contribution in [-0.4, -0.2) is 35.5 Å². The van der Waals surface area contributed by atoms with Gasteiger partial charge in [-0.25, -0.2) is 0 Å². The molecule has 1 aliphatic rings. The van der Waals surface area contributed by atoms with Gasteiger partial charge in [-0.15, -0.1) is 0 Å². The van der Waals surface area contributed by atoms with E-state index in [9.17, 15) is 10.2 Å². The molecule has 0 unspecified atom stereocenters. The summed E-state index contributed by atoms with van der Waals surface area (Å²) in [6.45, 7) is 0.752. The van der Waals surface area contributed by atoms with E-state index in [1.165, 1.54) is 0 Å². The van der Waals surface area contributed by atoms with E-state index in [0.29, 0.717) is 6.42 Å². The zero-order valence-electron chi connectivity index (χ0n) is 8.50. The van der Waals surface area contributed by atoms with Crippen LogP contribution in [0.2, 0.25) is 0 Å². The molecule has 82 valence electrons. The summed E-state index contributed by atoms with van der Waals surface area (Å²) >= 11 is 0. The van der Waals surface area contributed by atoms with Crippen molar-refractivity contribution in [3.8, 4) is 0 Å². The standard InChI is InChI=1S/C11H16N2O2/c12-8-1-3-9(4-2-8)13-6-5-11(15)10(13)7-14/h1-4,10-11,14-15H,5-7,12H2/t10-,11+/m1/s1. The number of hydrogen-bond acceptors (Lipinski definition) is 4. The summed E-state index contributed by atoms with van der Waals surface area (Å²) in [7, 11) is 0. The molecule has 2 atom stereocenters. The van der Waals surface area contributed by atoms with Crippen LogP contribution in [0.1, 0.15) is 6.42 Å². The number of anilines is 2. The Morgan fingerprint density at radius 3 is 2.60 bits per heavy atom. The Morgan fingerprint density at radius 1 is 1.33 bits per heavy atom. The van der Waals surface area contributed by atoms with E-state index in [2.05, 4.69) is 0 Å². The lowest BCUT2D eigenvalue weighted by atomic mass is 10.2. The molecule has 1 saturated heterocycles. The fraction of sp³-hybridized carbons (Fsp3) is 0.455. The molecular weight excluding hydrogens is 192 g/mol. The molecule has 1 aliphatic heterocycles. The quantitative estimate of drug-likeness (QED) is 0.607. The van der Waals surface area contributed by atoms with E-state index in [1.807, 2.05) is 29.2 Å². The molecule has 0 spiro atoms. The number of nitrogens with two attached hydrogens (primary N) is 1. The van der Waals surface area contributed by atoms with Gasteiger partial charge in [0.05, 0.1) is 18.8 Å². The lowest BCUT2D eigenvalue weighted by molar-refractivity contribution is 0.128. The monoisotopic (exact) mass is 208 g/mol. The molecule has 0 aliphatic carbocycles. The van der Waals surface area contributed by atoms with Crippen LogP contribution in [0.5, 0.6) is 0 Å². The van der Waals surface area contributed by atoms with Crippen LogP contribution >= 0.6 is 0 Å². The molecule has 0 saturated carbocycles. The van der Waals surface area contributed by atoms with E-state index in [-0.39, 0.29) is 12.6 Å². The maximum atomic E-state index is 9.65. The molecule has 0 amide bonds. The topological polar surface area (TPSA) is 69.7 Å². The molecule has 1 fully saturated rings. The Bertz CT molecular complexity index is 326. The Labute approximate surface area is 88.9 Å². The Kier molecular flexibility index (Phi) is 2.79. The summed E-state index contributed by atoms with van der Waals surface area (Å²) < 4.78 is 0. The van der Waals surface area contributed by atoms with Crippen molar-refractivity contribution in [2.45, 2.75) is 18.6 Å². The third-order valence-electron chi connectivity index (χ3n) is 2.92. The summed E-state index contributed by atoms with van der Waals surface area (Å²) in [6.07, 6.45) is 0.267. The van der Waals surface area contributed by atoms with Gasteiger partial charge >= 0.3 is 0 Å². The van der Waals surface area contributed by atoms with Crippen LogP contribution in [0.3, 0.4) is 0 Å². The van der Waals surface area contributed by atoms with Gasteiger partial charge in [0.25, 0.3) is 0 Å². The Hall–Kier alpha value is -1.26. The molecule has 2 rings (SSSR count). The number of nitrogens with zero attached hydrogens (tertiary/aromatic N) is 1. The Balaban J connectivity index is 2.20. The fourth-order valence-corrected chi connectivity index (χ4v) is 2.04. The molecule has 0 aromatic heterocycles. The van der Waals surface area contributed by atoms with Crippen LogP contribution in [-0.2, 0) is 0 Å². The largest absolute Gasteiger partial charge is 0.399 e. The minimum Gasteiger partial charge on any atom is -0.399 e. The van der Waals surface area contributed by atoms with Gasteiger partial charge in [0.2, 0.25) is 0 Å². The predicted octanol–water partition coefficient (Wildman–Crippen LogP) is 0.201. The van der Waals surface area contributed by atoms with Gasteiger partial charge in [0, 0.05) is 17.9 Å². The molecule has 0 radical (unpaired) electrons. The lowest BCUT2D eigenvalue weighted by Crippen LogP contribution is -2.38. The molecule has 4 N–H and O–H groups in total. The van der Waals surface area contributed by atoms with Gasteiger partial charge in [-0.3, -0.25) is 0 Å². The average Bonchev–Trinajstić information content (AvgIpc) is 2.61. The predicted molar refractivity (Wildman–Crippen MR) is 59.7 cm³/mol.